The quantitative estimate of drug-likeness (QED) is 0.942. The maximum absolute atomic E-state index is 12.3. The number of ether oxygens (including phenoxy) is 1. The van der Waals surface area contributed by atoms with E-state index in [4.69, 9.17) is 16.3 Å². The molecule has 2 aromatic rings. The molecule has 1 aromatic heterocycles. The largest absolute Gasteiger partial charge is 0.381 e. The van der Waals surface area contributed by atoms with E-state index < -0.39 is 0 Å². The number of nitrogens with one attached hydrogen (secondary N) is 1. The Morgan fingerprint density at radius 3 is 2.91 bits per heavy atom. The molecule has 1 atom stereocenters. The van der Waals surface area contributed by atoms with Crippen LogP contribution < -0.4 is 5.32 Å². The molecule has 0 radical (unpaired) electrons. The molecule has 6 heteroatoms. The van der Waals surface area contributed by atoms with Crippen molar-refractivity contribution in [3.05, 3.63) is 46.7 Å². The first-order valence-corrected chi connectivity index (χ1v) is 7.69. The van der Waals surface area contributed by atoms with Gasteiger partial charge in [0.1, 0.15) is 0 Å². The van der Waals surface area contributed by atoms with Crippen LogP contribution in [0.3, 0.4) is 0 Å². The van der Waals surface area contributed by atoms with Gasteiger partial charge in [-0.3, -0.25) is 4.79 Å². The van der Waals surface area contributed by atoms with Crippen molar-refractivity contribution in [2.24, 2.45) is 5.92 Å². The number of hydrogen-bond donors (Lipinski definition) is 1. The van der Waals surface area contributed by atoms with Crippen molar-refractivity contribution in [3.8, 4) is 5.69 Å². The predicted molar refractivity (Wildman–Crippen MR) is 84.6 cm³/mol. The zero-order chi connectivity index (χ0) is 15.5. The molecule has 5 nitrogen and oxygen atoms in total. The Bertz CT molecular complexity index is 661. The topological polar surface area (TPSA) is 56.1 Å². The van der Waals surface area contributed by atoms with Gasteiger partial charge in [0.15, 0.2) is 0 Å². The molecule has 1 amide bonds. The molecule has 1 fully saturated rings. The van der Waals surface area contributed by atoms with E-state index >= 15 is 0 Å². The van der Waals surface area contributed by atoms with Gasteiger partial charge in [-0.25, -0.2) is 4.68 Å². The van der Waals surface area contributed by atoms with Crippen molar-refractivity contribution in [2.75, 3.05) is 19.8 Å². The van der Waals surface area contributed by atoms with Gasteiger partial charge in [-0.1, -0.05) is 11.6 Å². The minimum atomic E-state index is -0.0930. The third-order valence-electron chi connectivity index (χ3n) is 3.90. The summed E-state index contributed by atoms with van der Waals surface area (Å²) in [7, 11) is 0. The Balaban J connectivity index is 1.72. The minimum absolute atomic E-state index is 0.0930. The van der Waals surface area contributed by atoms with Crippen LogP contribution in [0.2, 0.25) is 5.02 Å². The Kier molecular flexibility index (Phi) is 4.45. The molecule has 0 spiro atoms. The number of rotatable bonds is 4. The molecular formula is C16H18ClN3O2. The van der Waals surface area contributed by atoms with Crippen LogP contribution in [0.5, 0.6) is 0 Å². The van der Waals surface area contributed by atoms with Crippen molar-refractivity contribution in [2.45, 2.75) is 13.3 Å². The molecule has 0 aliphatic carbocycles. The summed E-state index contributed by atoms with van der Waals surface area (Å²) in [6.07, 6.45) is 2.60. The van der Waals surface area contributed by atoms with Crippen molar-refractivity contribution in [1.82, 2.24) is 15.1 Å². The smallest absolute Gasteiger partial charge is 0.254 e. The number of amides is 1. The van der Waals surface area contributed by atoms with E-state index in [1.165, 1.54) is 0 Å². The van der Waals surface area contributed by atoms with Gasteiger partial charge in [0.05, 0.1) is 29.7 Å². The number of benzene rings is 1. The third kappa shape index (κ3) is 3.15. The van der Waals surface area contributed by atoms with Crippen LogP contribution in [0.15, 0.2) is 30.5 Å². The summed E-state index contributed by atoms with van der Waals surface area (Å²) < 4.78 is 7.05. The summed E-state index contributed by atoms with van der Waals surface area (Å²) in [5.74, 6) is 0.320. The van der Waals surface area contributed by atoms with E-state index in [2.05, 4.69) is 10.4 Å². The van der Waals surface area contributed by atoms with Gasteiger partial charge in [-0.15, -0.1) is 0 Å². The van der Waals surface area contributed by atoms with Gasteiger partial charge < -0.3 is 10.1 Å². The maximum Gasteiger partial charge on any atom is 0.254 e. The van der Waals surface area contributed by atoms with Gasteiger partial charge in [0, 0.05) is 24.1 Å². The molecule has 0 bridgehead atoms. The van der Waals surface area contributed by atoms with Crippen LogP contribution in [0, 0.1) is 12.8 Å². The molecule has 1 aliphatic heterocycles. The lowest BCUT2D eigenvalue weighted by atomic mass is 10.1. The first-order valence-electron chi connectivity index (χ1n) is 7.31. The SMILES string of the molecule is Cc1c(C(=O)NC[C@H]2CCOC2)cnn1-c1ccc(Cl)cc1. The van der Waals surface area contributed by atoms with Gasteiger partial charge in [-0.2, -0.15) is 5.10 Å². The number of carbonyl (C=O) groups is 1. The normalized spacial score (nSPS) is 17.6. The number of halogens is 1. The van der Waals surface area contributed by atoms with E-state index in [1.54, 1.807) is 23.0 Å². The second-order valence-electron chi connectivity index (χ2n) is 5.47. The third-order valence-corrected chi connectivity index (χ3v) is 4.15. The van der Waals surface area contributed by atoms with E-state index in [0.29, 0.717) is 23.0 Å². The first-order chi connectivity index (χ1) is 10.6. The minimum Gasteiger partial charge on any atom is -0.381 e. The molecule has 1 aromatic carbocycles. The lowest BCUT2D eigenvalue weighted by molar-refractivity contribution is 0.0944. The fourth-order valence-corrected chi connectivity index (χ4v) is 2.68. The maximum atomic E-state index is 12.3. The van der Waals surface area contributed by atoms with Crippen molar-refractivity contribution in [1.29, 1.82) is 0 Å². The standard InChI is InChI=1S/C16H18ClN3O2/c1-11-15(16(21)18-8-12-6-7-22-10-12)9-19-20(11)14-4-2-13(17)3-5-14/h2-5,9,12H,6-8,10H2,1H3,(H,18,21)/t12-/m1/s1. The summed E-state index contributed by atoms with van der Waals surface area (Å²) >= 11 is 5.89. The van der Waals surface area contributed by atoms with E-state index in [1.807, 2.05) is 19.1 Å². The highest BCUT2D eigenvalue weighted by atomic mass is 35.5. The lowest BCUT2D eigenvalue weighted by Crippen LogP contribution is -2.29. The number of nitrogens with zero attached hydrogens (tertiary/aromatic N) is 2. The molecule has 0 unspecified atom stereocenters. The summed E-state index contributed by atoms with van der Waals surface area (Å²) in [6, 6.07) is 7.36. The van der Waals surface area contributed by atoms with Gasteiger partial charge in [0.25, 0.3) is 5.91 Å². The second kappa shape index (κ2) is 6.50. The summed E-state index contributed by atoms with van der Waals surface area (Å²) in [5, 5.41) is 7.94. The van der Waals surface area contributed by atoms with E-state index in [0.717, 1.165) is 31.0 Å². The van der Waals surface area contributed by atoms with Crippen LogP contribution in [0.25, 0.3) is 5.69 Å². The average molecular weight is 320 g/mol. The van der Waals surface area contributed by atoms with E-state index in [9.17, 15) is 4.79 Å². The van der Waals surface area contributed by atoms with Crippen LogP contribution in [0.4, 0.5) is 0 Å². The molecule has 1 N–H and O–H groups in total. The molecule has 3 rings (SSSR count). The highest BCUT2D eigenvalue weighted by molar-refractivity contribution is 6.30. The number of aromatic nitrogens is 2. The molecule has 22 heavy (non-hydrogen) atoms. The fraction of sp³-hybridized carbons (Fsp3) is 0.375. The van der Waals surface area contributed by atoms with Crippen LogP contribution in [-0.2, 0) is 4.74 Å². The monoisotopic (exact) mass is 319 g/mol. The van der Waals surface area contributed by atoms with E-state index in [-0.39, 0.29) is 5.91 Å². The lowest BCUT2D eigenvalue weighted by Gasteiger charge is -2.09. The van der Waals surface area contributed by atoms with Crippen LogP contribution >= 0.6 is 11.6 Å². The molecular weight excluding hydrogens is 302 g/mol. The summed E-state index contributed by atoms with van der Waals surface area (Å²) in [6.45, 7) is 4.04. The molecule has 1 saturated heterocycles. The Morgan fingerprint density at radius 1 is 1.45 bits per heavy atom. The van der Waals surface area contributed by atoms with Gasteiger partial charge >= 0.3 is 0 Å². The molecule has 2 heterocycles. The molecule has 0 saturated carbocycles. The Labute approximate surface area is 134 Å². The predicted octanol–water partition coefficient (Wildman–Crippen LogP) is 2.60. The molecule has 1 aliphatic rings. The average Bonchev–Trinajstić information content (AvgIpc) is 3.15. The highest BCUT2D eigenvalue weighted by Crippen LogP contribution is 2.17. The summed E-state index contributed by atoms with van der Waals surface area (Å²) in [5.41, 5.74) is 2.28. The first kappa shape index (κ1) is 15.1. The fourth-order valence-electron chi connectivity index (χ4n) is 2.55. The van der Waals surface area contributed by atoms with Crippen molar-refractivity contribution >= 4 is 17.5 Å². The van der Waals surface area contributed by atoms with Gasteiger partial charge in [-0.05, 0) is 37.6 Å². The van der Waals surface area contributed by atoms with Crippen LogP contribution in [0.1, 0.15) is 22.5 Å². The number of hydrogen-bond acceptors (Lipinski definition) is 3. The van der Waals surface area contributed by atoms with Crippen molar-refractivity contribution < 1.29 is 9.53 Å². The summed E-state index contributed by atoms with van der Waals surface area (Å²) in [4.78, 5) is 12.3. The van der Waals surface area contributed by atoms with Gasteiger partial charge in [0.2, 0.25) is 0 Å². The second-order valence-corrected chi connectivity index (χ2v) is 5.91. The van der Waals surface area contributed by atoms with Crippen molar-refractivity contribution in [3.63, 3.8) is 0 Å². The Morgan fingerprint density at radius 2 is 2.23 bits per heavy atom. The Hall–Kier alpha value is -1.85. The van der Waals surface area contributed by atoms with Crippen LogP contribution in [-0.4, -0.2) is 35.4 Å². The zero-order valence-electron chi connectivity index (χ0n) is 12.4. The number of carbonyl (C=O) groups excluding carboxylic acids is 1. The highest BCUT2D eigenvalue weighted by Gasteiger charge is 2.19. The zero-order valence-corrected chi connectivity index (χ0v) is 13.1. The molecule has 116 valence electrons.